The van der Waals surface area contributed by atoms with Crippen molar-refractivity contribution < 1.29 is 0 Å². The van der Waals surface area contributed by atoms with E-state index in [0.717, 1.165) is 24.6 Å². The maximum absolute atomic E-state index is 4.66. The molecule has 4 rings (SSSR count). The molecule has 1 aromatic carbocycles. The molecule has 5 heteroatoms. The molecule has 0 saturated carbocycles. The number of nitrogens with zero attached hydrogens (tertiary/aromatic N) is 4. The molecule has 3 heterocycles. The summed E-state index contributed by atoms with van der Waals surface area (Å²) in [5.74, 6) is 1.69. The fourth-order valence-corrected chi connectivity index (χ4v) is 3.57. The Balaban J connectivity index is 1.44. The number of rotatable bonds is 4. The van der Waals surface area contributed by atoms with Gasteiger partial charge >= 0.3 is 0 Å². The quantitative estimate of drug-likeness (QED) is 0.927. The van der Waals surface area contributed by atoms with Gasteiger partial charge in [-0.1, -0.05) is 0 Å². The summed E-state index contributed by atoms with van der Waals surface area (Å²) < 4.78 is 0. The Bertz CT molecular complexity index is 658. The lowest BCUT2D eigenvalue weighted by molar-refractivity contribution is 0.578. The van der Waals surface area contributed by atoms with Crippen molar-refractivity contribution in [2.24, 2.45) is 0 Å². The molecule has 2 saturated heterocycles. The standard InChI is InChI=1S/C19H25N5/c1-2-12-23(13-3-1)17-8-6-16(7-9-17)21-19-20-11-10-18(22-19)24-14-4-5-15-24/h6-11H,1-5,12-15H2,(H,20,21,22). The van der Waals surface area contributed by atoms with E-state index in [1.807, 2.05) is 12.3 Å². The number of benzene rings is 1. The number of hydrogen-bond donors (Lipinski definition) is 1. The third kappa shape index (κ3) is 3.45. The smallest absolute Gasteiger partial charge is 0.229 e. The molecule has 2 fully saturated rings. The van der Waals surface area contributed by atoms with Crippen LogP contribution in [0.5, 0.6) is 0 Å². The average molecular weight is 323 g/mol. The first-order chi connectivity index (χ1) is 11.9. The summed E-state index contributed by atoms with van der Waals surface area (Å²) >= 11 is 0. The van der Waals surface area contributed by atoms with Gasteiger partial charge in [-0.2, -0.15) is 4.98 Å². The van der Waals surface area contributed by atoms with Crippen LogP contribution < -0.4 is 15.1 Å². The summed E-state index contributed by atoms with van der Waals surface area (Å²) in [4.78, 5) is 13.8. The molecule has 24 heavy (non-hydrogen) atoms. The van der Waals surface area contributed by atoms with E-state index < -0.39 is 0 Å². The highest BCUT2D eigenvalue weighted by Crippen LogP contribution is 2.24. The summed E-state index contributed by atoms with van der Waals surface area (Å²) in [5, 5.41) is 3.33. The number of aromatic nitrogens is 2. The van der Waals surface area contributed by atoms with Gasteiger partial charge in [-0.05, 0) is 62.4 Å². The fraction of sp³-hybridized carbons (Fsp3) is 0.474. The zero-order valence-corrected chi connectivity index (χ0v) is 14.1. The first-order valence-electron chi connectivity index (χ1n) is 9.08. The lowest BCUT2D eigenvalue weighted by Gasteiger charge is -2.28. The van der Waals surface area contributed by atoms with Crippen molar-refractivity contribution in [2.45, 2.75) is 32.1 Å². The van der Waals surface area contributed by atoms with Crippen LogP contribution in [0.3, 0.4) is 0 Å². The molecule has 5 nitrogen and oxygen atoms in total. The SMILES string of the molecule is c1cc(N2CCCC2)nc(Nc2ccc(N3CCCCC3)cc2)n1. The third-order valence-corrected chi connectivity index (χ3v) is 4.92. The molecular formula is C19H25N5. The number of anilines is 4. The zero-order chi connectivity index (χ0) is 16.2. The second-order valence-corrected chi connectivity index (χ2v) is 6.65. The van der Waals surface area contributed by atoms with Crippen LogP contribution in [-0.4, -0.2) is 36.1 Å². The Hall–Kier alpha value is -2.30. The molecule has 0 bridgehead atoms. The molecule has 2 aromatic rings. The van der Waals surface area contributed by atoms with Crippen molar-refractivity contribution in [1.29, 1.82) is 0 Å². The van der Waals surface area contributed by atoms with E-state index in [-0.39, 0.29) is 0 Å². The molecule has 0 radical (unpaired) electrons. The van der Waals surface area contributed by atoms with E-state index in [1.165, 1.54) is 50.9 Å². The molecule has 2 aliphatic heterocycles. The van der Waals surface area contributed by atoms with Crippen molar-refractivity contribution in [3.63, 3.8) is 0 Å². The average Bonchev–Trinajstić information content (AvgIpc) is 3.18. The normalized spacial score (nSPS) is 18.0. The van der Waals surface area contributed by atoms with Gasteiger partial charge in [0.05, 0.1) is 0 Å². The summed E-state index contributed by atoms with van der Waals surface area (Å²) in [6.07, 6.45) is 8.32. The molecular weight excluding hydrogens is 298 g/mol. The predicted molar refractivity (Wildman–Crippen MR) is 99.3 cm³/mol. The van der Waals surface area contributed by atoms with Crippen LogP contribution in [0.1, 0.15) is 32.1 Å². The first kappa shape index (κ1) is 15.2. The Kier molecular flexibility index (Phi) is 4.49. The Morgan fingerprint density at radius 3 is 2.17 bits per heavy atom. The summed E-state index contributed by atoms with van der Waals surface area (Å²) in [7, 11) is 0. The van der Waals surface area contributed by atoms with Gasteiger partial charge in [0.25, 0.3) is 0 Å². The van der Waals surface area contributed by atoms with Crippen LogP contribution in [0.25, 0.3) is 0 Å². The van der Waals surface area contributed by atoms with Gasteiger partial charge in [-0.25, -0.2) is 4.98 Å². The first-order valence-corrected chi connectivity index (χ1v) is 9.08. The minimum Gasteiger partial charge on any atom is -0.372 e. The molecule has 2 aliphatic rings. The molecule has 0 spiro atoms. The lowest BCUT2D eigenvalue weighted by atomic mass is 10.1. The highest BCUT2D eigenvalue weighted by atomic mass is 15.2. The van der Waals surface area contributed by atoms with Crippen LogP contribution in [0.15, 0.2) is 36.5 Å². The van der Waals surface area contributed by atoms with Crippen molar-refractivity contribution in [3.05, 3.63) is 36.5 Å². The lowest BCUT2D eigenvalue weighted by Crippen LogP contribution is -2.29. The number of nitrogens with one attached hydrogen (secondary N) is 1. The van der Waals surface area contributed by atoms with Crippen LogP contribution in [0.2, 0.25) is 0 Å². The molecule has 0 unspecified atom stereocenters. The number of piperidine rings is 1. The minimum absolute atomic E-state index is 0.671. The van der Waals surface area contributed by atoms with E-state index >= 15 is 0 Å². The summed E-state index contributed by atoms with van der Waals surface area (Å²) in [6.45, 7) is 4.55. The van der Waals surface area contributed by atoms with Crippen molar-refractivity contribution in [3.8, 4) is 0 Å². The van der Waals surface area contributed by atoms with E-state index in [4.69, 9.17) is 0 Å². The second kappa shape index (κ2) is 7.07. The van der Waals surface area contributed by atoms with Crippen molar-refractivity contribution in [2.75, 3.05) is 41.3 Å². The van der Waals surface area contributed by atoms with E-state index in [1.54, 1.807) is 0 Å². The van der Waals surface area contributed by atoms with Crippen LogP contribution in [-0.2, 0) is 0 Å². The van der Waals surface area contributed by atoms with Gasteiger partial charge in [-0.3, -0.25) is 0 Å². The molecule has 126 valence electrons. The van der Waals surface area contributed by atoms with E-state index in [0.29, 0.717) is 5.95 Å². The Morgan fingerprint density at radius 2 is 1.42 bits per heavy atom. The number of hydrogen-bond acceptors (Lipinski definition) is 5. The topological polar surface area (TPSA) is 44.3 Å². The maximum atomic E-state index is 4.66. The van der Waals surface area contributed by atoms with Gasteiger partial charge in [0, 0.05) is 43.8 Å². The highest BCUT2D eigenvalue weighted by Gasteiger charge is 2.14. The van der Waals surface area contributed by atoms with Gasteiger partial charge in [0.1, 0.15) is 5.82 Å². The Labute approximate surface area is 143 Å². The van der Waals surface area contributed by atoms with E-state index in [2.05, 4.69) is 49.4 Å². The fourth-order valence-electron chi connectivity index (χ4n) is 3.57. The summed E-state index contributed by atoms with van der Waals surface area (Å²) in [5.41, 5.74) is 2.35. The van der Waals surface area contributed by atoms with E-state index in [9.17, 15) is 0 Å². The van der Waals surface area contributed by atoms with Crippen LogP contribution in [0, 0.1) is 0 Å². The Morgan fingerprint density at radius 1 is 0.750 bits per heavy atom. The third-order valence-electron chi connectivity index (χ3n) is 4.92. The summed E-state index contributed by atoms with van der Waals surface area (Å²) in [6, 6.07) is 10.6. The second-order valence-electron chi connectivity index (χ2n) is 6.65. The highest BCUT2D eigenvalue weighted by molar-refractivity contribution is 5.60. The molecule has 0 amide bonds. The monoisotopic (exact) mass is 323 g/mol. The van der Waals surface area contributed by atoms with Crippen LogP contribution >= 0.6 is 0 Å². The van der Waals surface area contributed by atoms with Crippen molar-refractivity contribution in [1.82, 2.24) is 9.97 Å². The minimum atomic E-state index is 0.671. The van der Waals surface area contributed by atoms with Gasteiger partial charge in [-0.15, -0.1) is 0 Å². The molecule has 1 aromatic heterocycles. The van der Waals surface area contributed by atoms with Crippen LogP contribution in [0.4, 0.5) is 23.1 Å². The van der Waals surface area contributed by atoms with Gasteiger partial charge in [0.2, 0.25) is 5.95 Å². The molecule has 0 atom stereocenters. The van der Waals surface area contributed by atoms with Gasteiger partial charge in [0.15, 0.2) is 0 Å². The van der Waals surface area contributed by atoms with Gasteiger partial charge < -0.3 is 15.1 Å². The maximum Gasteiger partial charge on any atom is 0.229 e. The zero-order valence-electron chi connectivity index (χ0n) is 14.1. The van der Waals surface area contributed by atoms with Crippen molar-refractivity contribution >= 4 is 23.1 Å². The predicted octanol–water partition coefficient (Wildman–Crippen LogP) is 3.81. The molecule has 0 aliphatic carbocycles. The molecule has 1 N–H and O–H groups in total. The largest absolute Gasteiger partial charge is 0.372 e.